The molecular weight excluding hydrogens is 446 g/mol. The fourth-order valence-electron chi connectivity index (χ4n) is 4.04. The molecule has 2 N–H and O–H groups in total. The number of piperidine rings is 1. The highest BCUT2D eigenvalue weighted by molar-refractivity contribution is 6.04. The molecule has 0 spiro atoms. The number of H-pyrrole nitrogens is 1. The lowest BCUT2D eigenvalue weighted by molar-refractivity contribution is -0.286. The van der Waals surface area contributed by atoms with Crippen molar-refractivity contribution in [2.75, 3.05) is 32.1 Å². The fourth-order valence-corrected chi connectivity index (χ4v) is 4.04. The molecule has 8 nitrogen and oxygen atoms in total. The van der Waals surface area contributed by atoms with E-state index in [0.29, 0.717) is 29.3 Å². The third kappa shape index (κ3) is 4.81. The quantitative estimate of drug-likeness (QED) is 0.556. The molecule has 1 saturated heterocycles. The van der Waals surface area contributed by atoms with Gasteiger partial charge in [-0.2, -0.15) is 5.10 Å². The summed E-state index contributed by atoms with van der Waals surface area (Å²) in [4.78, 5) is 14.9. The van der Waals surface area contributed by atoms with Gasteiger partial charge in [0.05, 0.1) is 12.3 Å². The molecule has 1 fully saturated rings. The van der Waals surface area contributed by atoms with Crippen LogP contribution in [0.15, 0.2) is 48.5 Å². The summed E-state index contributed by atoms with van der Waals surface area (Å²) in [6, 6.07) is 13.0. The molecule has 1 aromatic heterocycles. The van der Waals surface area contributed by atoms with Gasteiger partial charge in [0.2, 0.25) is 0 Å². The topological polar surface area (TPSA) is 88.7 Å². The molecule has 0 saturated carbocycles. The van der Waals surface area contributed by atoms with Gasteiger partial charge < -0.3 is 24.4 Å². The van der Waals surface area contributed by atoms with Gasteiger partial charge in [-0.3, -0.25) is 9.89 Å². The van der Waals surface area contributed by atoms with Gasteiger partial charge in [0.1, 0.15) is 5.75 Å². The van der Waals surface area contributed by atoms with E-state index in [9.17, 15) is 13.6 Å². The Balaban J connectivity index is 1.20. The highest BCUT2D eigenvalue weighted by Crippen LogP contribution is 2.46. The molecule has 178 valence electrons. The van der Waals surface area contributed by atoms with Crippen molar-refractivity contribution in [2.45, 2.75) is 19.1 Å². The van der Waals surface area contributed by atoms with Crippen LogP contribution in [0.25, 0.3) is 11.3 Å². The first kappa shape index (κ1) is 22.1. The van der Waals surface area contributed by atoms with E-state index < -0.39 is 6.29 Å². The monoisotopic (exact) mass is 470 g/mol. The summed E-state index contributed by atoms with van der Waals surface area (Å²) in [5.41, 5.74) is 1.17. The summed E-state index contributed by atoms with van der Waals surface area (Å²) >= 11 is 0. The summed E-state index contributed by atoms with van der Waals surface area (Å²) in [6.45, 7) is 2.84. The Hall–Kier alpha value is -3.66. The van der Waals surface area contributed by atoms with Gasteiger partial charge in [-0.15, -0.1) is 8.78 Å². The van der Waals surface area contributed by atoms with E-state index in [0.717, 1.165) is 31.7 Å². The number of amides is 1. The second-order valence-corrected chi connectivity index (χ2v) is 8.50. The minimum absolute atomic E-state index is 0.0687. The zero-order valence-electron chi connectivity index (χ0n) is 18.5. The number of nitrogens with one attached hydrogen (secondary N) is 2. The SMILES string of the molecule is CN1CCC(COc2ccc(C(=O)Nc3cc(-c4cccc5c4OC(F)(F)O5)[nH]n3)cc2)CC1. The number of aromatic amines is 1. The molecule has 0 atom stereocenters. The van der Waals surface area contributed by atoms with E-state index in [1.54, 1.807) is 36.4 Å². The zero-order chi connectivity index (χ0) is 23.7. The number of fused-ring (bicyclic) bond motifs is 1. The molecule has 3 heterocycles. The van der Waals surface area contributed by atoms with Crippen molar-refractivity contribution in [1.82, 2.24) is 15.1 Å². The number of rotatable bonds is 6. The third-order valence-electron chi connectivity index (χ3n) is 5.98. The van der Waals surface area contributed by atoms with Crippen LogP contribution in [0, 0.1) is 5.92 Å². The lowest BCUT2D eigenvalue weighted by atomic mass is 9.98. The largest absolute Gasteiger partial charge is 0.586 e. The van der Waals surface area contributed by atoms with E-state index in [-0.39, 0.29) is 23.2 Å². The maximum Gasteiger partial charge on any atom is 0.586 e. The standard InChI is InChI=1S/C24H24F2N4O4/c1-30-11-9-15(10-12-30)14-32-17-7-5-16(6-8-17)23(31)27-21-13-19(28-29-21)18-3-2-4-20-22(18)34-24(25,26)33-20/h2-8,13,15H,9-12,14H2,1H3,(H2,27,28,29,31). The summed E-state index contributed by atoms with van der Waals surface area (Å²) in [5, 5.41) is 9.48. The third-order valence-corrected chi connectivity index (χ3v) is 5.98. The molecule has 2 aliphatic rings. The van der Waals surface area contributed by atoms with Crippen LogP contribution in [-0.2, 0) is 0 Å². The fraction of sp³-hybridized carbons (Fsp3) is 0.333. The Labute approximate surface area is 194 Å². The van der Waals surface area contributed by atoms with Crippen molar-refractivity contribution in [2.24, 2.45) is 5.92 Å². The molecule has 0 radical (unpaired) electrons. The van der Waals surface area contributed by atoms with Crippen LogP contribution < -0.4 is 19.5 Å². The molecule has 2 aromatic carbocycles. The number of ether oxygens (including phenoxy) is 3. The number of nitrogens with zero attached hydrogens (tertiary/aromatic N) is 2. The van der Waals surface area contributed by atoms with E-state index in [1.807, 2.05) is 0 Å². The van der Waals surface area contributed by atoms with Crippen LogP contribution in [0.3, 0.4) is 0 Å². The number of alkyl halides is 2. The number of para-hydroxylation sites is 1. The maximum absolute atomic E-state index is 13.4. The smallest absolute Gasteiger partial charge is 0.493 e. The molecule has 0 aliphatic carbocycles. The van der Waals surface area contributed by atoms with Gasteiger partial charge in [-0.05, 0) is 75.3 Å². The Morgan fingerprint density at radius 3 is 2.74 bits per heavy atom. The number of anilines is 1. The molecule has 2 aliphatic heterocycles. The lowest BCUT2D eigenvalue weighted by Crippen LogP contribution is -2.32. The van der Waals surface area contributed by atoms with Gasteiger partial charge in [0.15, 0.2) is 17.3 Å². The number of carbonyl (C=O) groups is 1. The molecule has 0 unspecified atom stereocenters. The molecule has 3 aromatic rings. The van der Waals surface area contributed by atoms with Gasteiger partial charge >= 0.3 is 6.29 Å². The van der Waals surface area contributed by atoms with Crippen LogP contribution >= 0.6 is 0 Å². The predicted octanol–water partition coefficient (Wildman–Crippen LogP) is 4.37. The van der Waals surface area contributed by atoms with Crippen LogP contribution in [0.5, 0.6) is 17.2 Å². The second-order valence-electron chi connectivity index (χ2n) is 8.50. The minimum Gasteiger partial charge on any atom is -0.493 e. The second kappa shape index (κ2) is 8.94. The number of benzene rings is 2. The van der Waals surface area contributed by atoms with Gasteiger partial charge in [-0.1, -0.05) is 6.07 Å². The van der Waals surface area contributed by atoms with E-state index in [2.05, 4.69) is 36.9 Å². The first-order valence-electron chi connectivity index (χ1n) is 11.0. The van der Waals surface area contributed by atoms with Crippen molar-refractivity contribution in [3.05, 3.63) is 54.1 Å². The van der Waals surface area contributed by atoms with Crippen LogP contribution in [-0.4, -0.2) is 54.0 Å². The van der Waals surface area contributed by atoms with Crippen molar-refractivity contribution >= 4 is 11.7 Å². The average molecular weight is 470 g/mol. The Morgan fingerprint density at radius 2 is 1.97 bits per heavy atom. The molecule has 5 rings (SSSR count). The maximum atomic E-state index is 13.4. The Bertz CT molecular complexity index is 1170. The normalized spacial score (nSPS) is 17.5. The van der Waals surface area contributed by atoms with Crippen LogP contribution in [0.4, 0.5) is 14.6 Å². The number of hydrogen-bond donors (Lipinski definition) is 2. The highest BCUT2D eigenvalue weighted by atomic mass is 19.3. The van der Waals surface area contributed by atoms with E-state index >= 15 is 0 Å². The predicted molar refractivity (Wildman–Crippen MR) is 120 cm³/mol. The number of hydrogen-bond acceptors (Lipinski definition) is 6. The summed E-state index contributed by atoms with van der Waals surface area (Å²) in [6.07, 6.45) is -1.48. The Kier molecular flexibility index (Phi) is 5.82. The molecule has 1 amide bonds. The number of carbonyl (C=O) groups excluding carboxylic acids is 1. The van der Waals surface area contributed by atoms with Gasteiger partial charge in [-0.25, -0.2) is 0 Å². The zero-order valence-corrected chi connectivity index (χ0v) is 18.5. The average Bonchev–Trinajstić information content (AvgIpc) is 3.41. The van der Waals surface area contributed by atoms with Crippen LogP contribution in [0.2, 0.25) is 0 Å². The summed E-state index contributed by atoms with van der Waals surface area (Å²) in [5.74, 6) is 0.984. The first-order chi connectivity index (χ1) is 16.4. The van der Waals surface area contributed by atoms with E-state index in [4.69, 9.17) is 4.74 Å². The Morgan fingerprint density at radius 1 is 1.21 bits per heavy atom. The van der Waals surface area contributed by atoms with Crippen LogP contribution in [0.1, 0.15) is 23.2 Å². The number of aromatic nitrogens is 2. The van der Waals surface area contributed by atoms with Crippen molar-refractivity contribution < 1.29 is 27.8 Å². The summed E-state index contributed by atoms with van der Waals surface area (Å²) < 4.78 is 41.9. The van der Waals surface area contributed by atoms with Gasteiger partial charge in [0.25, 0.3) is 5.91 Å². The van der Waals surface area contributed by atoms with E-state index in [1.165, 1.54) is 12.1 Å². The number of halogens is 2. The van der Waals surface area contributed by atoms with Crippen molar-refractivity contribution in [1.29, 1.82) is 0 Å². The van der Waals surface area contributed by atoms with Crippen molar-refractivity contribution in [3.63, 3.8) is 0 Å². The lowest BCUT2D eigenvalue weighted by Gasteiger charge is -2.28. The highest BCUT2D eigenvalue weighted by Gasteiger charge is 2.44. The number of likely N-dealkylation sites (tertiary alicyclic amines) is 1. The molecule has 34 heavy (non-hydrogen) atoms. The minimum atomic E-state index is -3.72. The first-order valence-corrected chi connectivity index (χ1v) is 11.0. The molecule has 10 heteroatoms. The van der Waals surface area contributed by atoms with Gasteiger partial charge in [0, 0.05) is 17.2 Å². The molecule has 0 bridgehead atoms. The van der Waals surface area contributed by atoms with Crippen molar-refractivity contribution in [3.8, 4) is 28.5 Å². The molecular formula is C24H24F2N4O4. The summed E-state index contributed by atoms with van der Waals surface area (Å²) in [7, 11) is 2.13.